The second-order valence-corrected chi connectivity index (χ2v) is 5.55. The minimum Gasteiger partial charge on any atom is -0.357 e. The lowest BCUT2D eigenvalue weighted by Crippen LogP contribution is -2.39. The molecule has 0 radical (unpaired) electrons. The van der Waals surface area contributed by atoms with Crippen molar-refractivity contribution in [3.63, 3.8) is 0 Å². The first kappa shape index (κ1) is 19.7. The second kappa shape index (κ2) is 11.3. The van der Waals surface area contributed by atoms with Crippen LogP contribution in [0.2, 0.25) is 0 Å². The molecule has 0 aliphatic heterocycles. The summed E-state index contributed by atoms with van der Waals surface area (Å²) in [6.07, 6.45) is 4.28. The summed E-state index contributed by atoms with van der Waals surface area (Å²) < 4.78 is 0. The van der Waals surface area contributed by atoms with Gasteiger partial charge in [0.2, 0.25) is 5.91 Å². The Morgan fingerprint density at radius 3 is 2.61 bits per heavy atom. The zero-order chi connectivity index (χ0) is 15.6. The third kappa shape index (κ3) is 8.78. The molecular formula is C17H27IN4O. The fourth-order valence-electron chi connectivity index (χ4n) is 2.14. The Balaban J connectivity index is 0.00000264. The van der Waals surface area contributed by atoms with E-state index in [4.69, 9.17) is 0 Å². The van der Waals surface area contributed by atoms with Crippen LogP contribution < -0.4 is 16.0 Å². The lowest BCUT2D eigenvalue weighted by molar-refractivity contribution is -0.119. The van der Waals surface area contributed by atoms with Crippen LogP contribution in [-0.2, 0) is 11.2 Å². The van der Waals surface area contributed by atoms with Gasteiger partial charge in [-0.15, -0.1) is 24.0 Å². The molecule has 1 saturated carbocycles. The van der Waals surface area contributed by atoms with Crippen molar-refractivity contribution in [2.75, 3.05) is 19.6 Å². The van der Waals surface area contributed by atoms with E-state index in [0.717, 1.165) is 38.8 Å². The van der Waals surface area contributed by atoms with Gasteiger partial charge < -0.3 is 16.0 Å². The van der Waals surface area contributed by atoms with E-state index in [2.05, 4.69) is 45.2 Å². The van der Waals surface area contributed by atoms with Crippen LogP contribution in [0.4, 0.5) is 0 Å². The van der Waals surface area contributed by atoms with Crippen molar-refractivity contribution in [2.24, 2.45) is 4.99 Å². The topological polar surface area (TPSA) is 65.5 Å². The summed E-state index contributed by atoms with van der Waals surface area (Å²) in [5.41, 5.74) is 1.34. The fourth-order valence-corrected chi connectivity index (χ4v) is 2.14. The molecule has 1 aliphatic rings. The smallest absolute Gasteiger partial charge is 0.242 e. The average molecular weight is 430 g/mol. The van der Waals surface area contributed by atoms with Crippen LogP contribution >= 0.6 is 24.0 Å². The lowest BCUT2D eigenvalue weighted by Gasteiger charge is -2.11. The van der Waals surface area contributed by atoms with Crippen LogP contribution in [-0.4, -0.2) is 37.5 Å². The number of aliphatic imine (C=N–C) groups is 1. The number of guanidine groups is 1. The van der Waals surface area contributed by atoms with Gasteiger partial charge in [-0.2, -0.15) is 0 Å². The molecule has 0 bridgehead atoms. The summed E-state index contributed by atoms with van der Waals surface area (Å²) in [6, 6.07) is 10.8. The van der Waals surface area contributed by atoms with Crippen molar-refractivity contribution in [2.45, 2.75) is 38.6 Å². The zero-order valence-electron chi connectivity index (χ0n) is 13.7. The summed E-state index contributed by atoms with van der Waals surface area (Å²) in [5.74, 6) is 0.713. The Morgan fingerprint density at radius 1 is 1.22 bits per heavy atom. The highest BCUT2D eigenvalue weighted by atomic mass is 127. The van der Waals surface area contributed by atoms with Gasteiger partial charge in [-0.05, 0) is 38.2 Å². The first-order chi connectivity index (χ1) is 10.8. The molecule has 1 aliphatic carbocycles. The number of carbonyl (C=O) groups is 1. The standard InChI is InChI=1S/C17H26N4O.HI/c1-2-18-17(20-13-16(22)21-15-10-11-15)19-12-6-9-14-7-4-3-5-8-14;/h3-5,7-8,15H,2,6,9-13H2,1H3,(H,21,22)(H2,18,19,20);1H. The normalized spacial score (nSPS) is 13.9. The maximum atomic E-state index is 11.6. The number of aryl methyl sites for hydroxylation is 1. The van der Waals surface area contributed by atoms with Gasteiger partial charge in [0.1, 0.15) is 6.54 Å². The maximum Gasteiger partial charge on any atom is 0.242 e. The van der Waals surface area contributed by atoms with Crippen LogP contribution in [0.1, 0.15) is 31.7 Å². The molecule has 3 N–H and O–H groups in total. The number of amides is 1. The highest BCUT2D eigenvalue weighted by Gasteiger charge is 2.22. The van der Waals surface area contributed by atoms with Gasteiger partial charge in [0.25, 0.3) is 0 Å². The molecular weight excluding hydrogens is 403 g/mol. The number of benzene rings is 1. The van der Waals surface area contributed by atoms with E-state index in [-0.39, 0.29) is 36.4 Å². The van der Waals surface area contributed by atoms with Gasteiger partial charge in [-0.3, -0.25) is 4.79 Å². The molecule has 0 heterocycles. The van der Waals surface area contributed by atoms with E-state index in [9.17, 15) is 4.79 Å². The number of carbonyl (C=O) groups excluding carboxylic acids is 1. The molecule has 1 fully saturated rings. The van der Waals surface area contributed by atoms with Crippen LogP contribution in [0.25, 0.3) is 0 Å². The Labute approximate surface area is 155 Å². The molecule has 23 heavy (non-hydrogen) atoms. The summed E-state index contributed by atoms with van der Waals surface area (Å²) in [4.78, 5) is 16.0. The molecule has 0 spiro atoms. The van der Waals surface area contributed by atoms with Crippen LogP contribution in [0.3, 0.4) is 0 Å². The SMILES string of the molecule is CCNC(=NCC(=O)NC1CC1)NCCCc1ccccc1.I. The van der Waals surface area contributed by atoms with E-state index < -0.39 is 0 Å². The van der Waals surface area contributed by atoms with Gasteiger partial charge in [0, 0.05) is 19.1 Å². The molecule has 1 amide bonds. The van der Waals surface area contributed by atoms with Crippen molar-refractivity contribution in [1.29, 1.82) is 0 Å². The lowest BCUT2D eigenvalue weighted by atomic mass is 10.1. The Morgan fingerprint density at radius 2 is 1.96 bits per heavy atom. The predicted octanol–water partition coefficient (Wildman–Crippen LogP) is 2.07. The van der Waals surface area contributed by atoms with Crippen molar-refractivity contribution in [3.05, 3.63) is 35.9 Å². The number of nitrogens with zero attached hydrogens (tertiary/aromatic N) is 1. The number of halogens is 1. The minimum absolute atomic E-state index is 0. The number of hydrogen-bond acceptors (Lipinski definition) is 2. The first-order valence-corrected chi connectivity index (χ1v) is 8.13. The molecule has 0 aromatic heterocycles. The van der Waals surface area contributed by atoms with Crippen molar-refractivity contribution < 1.29 is 4.79 Å². The molecule has 1 aromatic carbocycles. The molecule has 1 aromatic rings. The molecule has 2 rings (SSSR count). The molecule has 0 atom stereocenters. The van der Waals surface area contributed by atoms with Gasteiger partial charge in [-0.1, -0.05) is 30.3 Å². The van der Waals surface area contributed by atoms with Crippen LogP contribution in [0.5, 0.6) is 0 Å². The maximum absolute atomic E-state index is 11.6. The first-order valence-electron chi connectivity index (χ1n) is 8.13. The van der Waals surface area contributed by atoms with Gasteiger partial charge in [0.05, 0.1) is 0 Å². The third-order valence-corrected chi connectivity index (χ3v) is 3.44. The zero-order valence-corrected chi connectivity index (χ0v) is 16.0. The largest absolute Gasteiger partial charge is 0.357 e. The molecule has 6 heteroatoms. The quantitative estimate of drug-likeness (QED) is 0.256. The van der Waals surface area contributed by atoms with Gasteiger partial charge >= 0.3 is 0 Å². The number of hydrogen-bond donors (Lipinski definition) is 3. The van der Waals surface area contributed by atoms with Crippen molar-refractivity contribution in [3.8, 4) is 0 Å². The Kier molecular flexibility index (Phi) is 9.66. The highest BCUT2D eigenvalue weighted by Crippen LogP contribution is 2.18. The predicted molar refractivity (Wildman–Crippen MR) is 105 cm³/mol. The van der Waals surface area contributed by atoms with E-state index in [1.54, 1.807) is 0 Å². The molecule has 128 valence electrons. The van der Waals surface area contributed by atoms with Crippen molar-refractivity contribution in [1.82, 2.24) is 16.0 Å². The molecule has 0 saturated heterocycles. The Bertz CT molecular complexity index is 489. The van der Waals surface area contributed by atoms with E-state index in [1.807, 2.05) is 13.0 Å². The van der Waals surface area contributed by atoms with E-state index >= 15 is 0 Å². The number of nitrogens with one attached hydrogen (secondary N) is 3. The fraction of sp³-hybridized carbons (Fsp3) is 0.529. The summed E-state index contributed by atoms with van der Waals surface area (Å²) in [7, 11) is 0. The second-order valence-electron chi connectivity index (χ2n) is 5.55. The van der Waals surface area contributed by atoms with Crippen LogP contribution in [0.15, 0.2) is 35.3 Å². The number of rotatable bonds is 8. The minimum atomic E-state index is 0. The third-order valence-electron chi connectivity index (χ3n) is 3.44. The molecule has 0 unspecified atom stereocenters. The summed E-state index contributed by atoms with van der Waals surface area (Å²) in [6.45, 7) is 3.83. The van der Waals surface area contributed by atoms with Gasteiger partial charge in [0.15, 0.2) is 5.96 Å². The van der Waals surface area contributed by atoms with Gasteiger partial charge in [-0.25, -0.2) is 4.99 Å². The van der Waals surface area contributed by atoms with E-state index in [0.29, 0.717) is 12.0 Å². The highest BCUT2D eigenvalue weighted by molar-refractivity contribution is 14.0. The molecule has 5 nitrogen and oxygen atoms in total. The Hall–Kier alpha value is -1.31. The average Bonchev–Trinajstić information content (AvgIpc) is 3.34. The van der Waals surface area contributed by atoms with E-state index in [1.165, 1.54) is 5.56 Å². The summed E-state index contributed by atoms with van der Waals surface area (Å²) >= 11 is 0. The van der Waals surface area contributed by atoms with Crippen LogP contribution in [0, 0.1) is 0 Å². The summed E-state index contributed by atoms with van der Waals surface area (Å²) in [5, 5.41) is 9.38. The van der Waals surface area contributed by atoms with Crippen molar-refractivity contribution >= 4 is 35.8 Å². The monoisotopic (exact) mass is 430 g/mol.